The zero-order valence-electron chi connectivity index (χ0n) is 13.8. The normalized spacial score (nSPS) is 11.9. The van der Waals surface area contributed by atoms with E-state index >= 15 is 0 Å². The highest BCUT2D eigenvalue weighted by molar-refractivity contribution is 6.05. The number of hydrogen-bond acceptors (Lipinski definition) is 1. The maximum absolute atomic E-state index is 14.2. The number of hydrogen-bond donors (Lipinski definition) is 1. The third kappa shape index (κ3) is 2.56. The van der Waals surface area contributed by atoms with Crippen molar-refractivity contribution < 1.29 is 9.18 Å². The zero-order valence-corrected chi connectivity index (χ0v) is 13.8. The lowest BCUT2D eigenvalue weighted by molar-refractivity contribution is 0.112. The fraction of sp³-hybridized carbons (Fsp3) is 0.250. The van der Waals surface area contributed by atoms with E-state index in [1.54, 1.807) is 6.07 Å². The molecule has 1 N–H and O–H groups in total. The summed E-state index contributed by atoms with van der Waals surface area (Å²) in [6.45, 7) is 8.36. The number of H-pyrrole nitrogens is 1. The van der Waals surface area contributed by atoms with Crippen molar-refractivity contribution in [2.24, 2.45) is 0 Å². The molecule has 0 atom stereocenters. The van der Waals surface area contributed by atoms with Gasteiger partial charge in [0.25, 0.3) is 0 Å². The molecule has 0 unspecified atom stereocenters. The van der Waals surface area contributed by atoms with Gasteiger partial charge in [-0.3, -0.25) is 4.79 Å². The van der Waals surface area contributed by atoms with Crippen LogP contribution in [0, 0.1) is 12.7 Å². The largest absolute Gasteiger partial charge is 0.354 e. The fourth-order valence-corrected chi connectivity index (χ4v) is 2.91. The highest BCUT2D eigenvalue weighted by Crippen LogP contribution is 2.33. The van der Waals surface area contributed by atoms with E-state index in [1.165, 1.54) is 11.6 Å². The molecule has 0 aliphatic heterocycles. The number of aldehydes is 1. The van der Waals surface area contributed by atoms with Crippen LogP contribution in [-0.2, 0) is 5.41 Å². The summed E-state index contributed by atoms with van der Waals surface area (Å²) in [6, 6.07) is 11.2. The van der Waals surface area contributed by atoms with E-state index in [2.05, 4.69) is 37.9 Å². The standard InChI is InChI=1S/C20H20FNO/c1-12-5-10-16(21)17-15(11-23)19(22-18(12)17)13-6-8-14(9-7-13)20(2,3)4/h5-11,22H,1-4H3. The number of carbonyl (C=O) groups is 1. The number of benzene rings is 2. The maximum Gasteiger partial charge on any atom is 0.152 e. The first kappa shape index (κ1) is 15.5. The lowest BCUT2D eigenvalue weighted by Crippen LogP contribution is -2.10. The Bertz CT molecular complexity index is 883. The van der Waals surface area contributed by atoms with Crippen LogP contribution in [-0.4, -0.2) is 11.3 Å². The number of halogens is 1. The average molecular weight is 309 g/mol. The molecule has 118 valence electrons. The van der Waals surface area contributed by atoms with E-state index in [0.717, 1.165) is 17.4 Å². The number of aromatic nitrogens is 1. The Morgan fingerprint density at radius 3 is 2.26 bits per heavy atom. The summed E-state index contributed by atoms with van der Waals surface area (Å²) in [6.07, 6.45) is 0.731. The second-order valence-corrected chi connectivity index (χ2v) is 6.97. The number of rotatable bonds is 2. The first-order valence-corrected chi connectivity index (χ1v) is 7.70. The Hall–Kier alpha value is -2.42. The molecule has 1 heterocycles. The van der Waals surface area contributed by atoms with Crippen molar-refractivity contribution in [1.29, 1.82) is 0 Å². The molecule has 0 saturated carbocycles. The van der Waals surface area contributed by atoms with Gasteiger partial charge in [0.1, 0.15) is 5.82 Å². The van der Waals surface area contributed by atoms with Gasteiger partial charge in [-0.2, -0.15) is 0 Å². The van der Waals surface area contributed by atoms with Crippen molar-refractivity contribution in [3.63, 3.8) is 0 Å². The summed E-state index contributed by atoms with van der Waals surface area (Å²) in [7, 11) is 0. The number of carbonyl (C=O) groups excluding carboxylic acids is 1. The summed E-state index contributed by atoms with van der Waals surface area (Å²) in [5, 5.41) is 0.370. The molecular formula is C20H20FNO. The number of aromatic amines is 1. The molecule has 0 amide bonds. The Kier molecular flexibility index (Phi) is 3.59. The van der Waals surface area contributed by atoms with Crippen LogP contribution in [0.15, 0.2) is 36.4 Å². The van der Waals surface area contributed by atoms with Crippen LogP contribution in [0.5, 0.6) is 0 Å². The molecule has 2 nitrogen and oxygen atoms in total. The van der Waals surface area contributed by atoms with E-state index in [4.69, 9.17) is 0 Å². The number of nitrogens with one attached hydrogen (secondary N) is 1. The van der Waals surface area contributed by atoms with E-state index < -0.39 is 0 Å². The first-order valence-electron chi connectivity index (χ1n) is 7.70. The minimum atomic E-state index is -0.374. The third-order valence-corrected chi connectivity index (χ3v) is 4.31. The smallest absolute Gasteiger partial charge is 0.152 e. The van der Waals surface area contributed by atoms with Crippen molar-refractivity contribution in [1.82, 2.24) is 4.98 Å². The van der Waals surface area contributed by atoms with Crippen LogP contribution in [0.1, 0.15) is 42.3 Å². The summed E-state index contributed by atoms with van der Waals surface area (Å²) >= 11 is 0. The highest BCUT2D eigenvalue weighted by atomic mass is 19.1. The van der Waals surface area contributed by atoms with Crippen molar-refractivity contribution in [3.8, 4) is 11.3 Å². The molecule has 0 spiro atoms. The van der Waals surface area contributed by atoms with E-state index in [1.807, 2.05) is 19.1 Å². The molecule has 0 aliphatic carbocycles. The van der Waals surface area contributed by atoms with Gasteiger partial charge in [0.15, 0.2) is 6.29 Å². The summed E-state index contributed by atoms with van der Waals surface area (Å²) in [5.41, 5.74) is 4.81. The Morgan fingerprint density at radius 2 is 1.70 bits per heavy atom. The quantitative estimate of drug-likeness (QED) is 0.632. The molecule has 0 fully saturated rings. The molecule has 1 aromatic heterocycles. The molecule has 3 rings (SSSR count). The van der Waals surface area contributed by atoms with Crippen molar-refractivity contribution in [2.75, 3.05) is 0 Å². The van der Waals surface area contributed by atoms with Gasteiger partial charge in [0, 0.05) is 5.39 Å². The summed E-state index contributed by atoms with van der Waals surface area (Å²) in [5.74, 6) is -0.374. The van der Waals surface area contributed by atoms with Crippen molar-refractivity contribution in [3.05, 3.63) is 58.9 Å². The van der Waals surface area contributed by atoms with Crippen LogP contribution >= 0.6 is 0 Å². The molecular weight excluding hydrogens is 289 g/mol. The lowest BCUT2D eigenvalue weighted by atomic mass is 9.86. The lowest BCUT2D eigenvalue weighted by Gasteiger charge is -2.19. The van der Waals surface area contributed by atoms with Gasteiger partial charge < -0.3 is 4.98 Å². The van der Waals surface area contributed by atoms with Gasteiger partial charge in [-0.25, -0.2) is 4.39 Å². The van der Waals surface area contributed by atoms with Crippen LogP contribution in [0.4, 0.5) is 4.39 Å². The van der Waals surface area contributed by atoms with Gasteiger partial charge >= 0.3 is 0 Å². The molecule has 23 heavy (non-hydrogen) atoms. The zero-order chi connectivity index (χ0) is 16.8. The minimum Gasteiger partial charge on any atom is -0.354 e. The second-order valence-electron chi connectivity index (χ2n) is 6.97. The monoisotopic (exact) mass is 309 g/mol. The third-order valence-electron chi connectivity index (χ3n) is 4.31. The van der Waals surface area contributed by atoms with Crippen LogP contribution < -0.4 is 0 Å². The van der Waals surface area contributed by atoms with Gasteiger partial charge in [0.2, 0.25) is 0 Å². The summed E-state index contributed by atoms with van der Waals surface area (Å²) in [4.78, 5) is 14.8. The van der Waals surface area contributed by atoms with E-state index in [-0.39, 0.29) is 11.2 Å². The fourth-order valence-electron chi connectivity index (χ4n) is 2.91. The average Bonchev–Trinajstić information content (AvgIpc) is 2.91. The molecule has 0 aliphatic rings. The minimum absolute atomic E-state index is 0.0646. The molecule has 2 aromatic carbocycles. The predicted octanol–water partition coefficient (Wildman–Crippen LogP) is 5.39. The van der Waals surface area contributed by atoms with Crippen LogP contribution in [0.25, 0.3) is 22.2 Å². The SMILES string of the molecule is Cc1ccc(F)c2c(C=O)c(-c3ccc(C(C)(C)C)cc3)[nH]c12. The van der Waals surface area contributed by atoms with E-state index in [0.29, 0.717) is 22.2 Å². The van der Waals surface area contributed by atoms with Crippen LogP contribution in [0.3, 0.4) is 0 Å². The van der Waals surface area contributed by atoms with Crippen molar-refractivity contribution >= 4 is 17.2 Å². The molecule has 0 bridgehead atoms. The Labute approximate surface area is 135 Å². The maximum atomic E-state index is 14.2. The molecule has 0 radical (unpaired) electrons. The topological polar surface area (TPSA) is 32.9 Å². The van der Waals surface area contributed by atoms with Gasteiger partial charge in [-0.15, -0.1) is 0 Å². The van der Waals surface area contributed by atoms with Gasteiger partial charge in [-0.1, -0.05) is 51.1 Å². The number of fused-ring (bicyclic) bond motifs is 1. The molecule has 3 aromatic rings. The Morgan fingerprint density at radius 1 is 1.04 bits per heavy atom. The molecule has 0 saturated heterocycles. The van der Waals surface area contributed by atoms with Crippen LogP contribution in [0.2, 0.25) is 0 Å². The number of aryl methyl sites for hydroxylation is 1. The summed E-state index contributed by atoms with van der Waals surface area (Å²) < 4.78 is 14.2. The predicted molar refractivity (Wildman–Crippen MR) is 92.5 cm³/mol. The van der Waals surface area contributed by atoms with E-state index in [9.17, 15) is 9.18 Å². The molecule has 3 heteroatoms. The van der Waals surface area contributed by atoms with Gasteiger partial charge in [-0.05, 0) is 35.1 Å². The Balaban J connectivity index is 2.22. The van der Waals surface area contributed by atoms with Gasteiger partial charge in [0.05, 0.1) is 16.8 Å². The van der Waals surface area contributed by atoms with Crippen molar-refractivity contribution in [2.45, 2.75) is 33.1 Å². The first-order chi connectivity index (χ1) is 10.8. The highest BCUT2D eigenvalue weighted by Gasteiger charge is 2.18. The second kappa shape index (κ2) is 5.34.